The summed E-state index contributed by atoms with van der Waals surface area (Å²) in [5, 5.41) is 10.0. The lowest BCUT2D eigenvalue weighted by molar-refractivity contribution is -0.123. The van der Waals surface area contributed by atoms with Crippen molar-refractivity contribution in [2.24, 2.45) is 11.8 Å². The molecule has 2 heteroatoms. The number of aliphatic hydroxyl groups is 1. The molecule has 0 saturated heterocycles. The van der Waals surface area contributed by atoms with Crippen molar-refractivity contribution in [3.8, 4) is 0 Å². The SMILES string of the molecule is CC1=C(C)C(O)C2CC=CCC2C1=O. The molecule has 2 nitrogen and oxygen atoms in total. The average Bonchev–Trinajstić information content (AvgIpc) is 2.23. The van der Waals surface area contributed by atoms with Gasteiger partial charge in [-0.25, -0.2) is 0 Å². The largest absolute Gasteiger partial charge is 0.388 e. The Balaban J connectivity index is 2.39. The first-order valence-electron chi connectivity index (χ1n) is 5.17. The number of Topliss-reactive ketones (excluding diaryl/α,β-unsaturated/α-hetero) is 1. The number of carbonyl (C=O) groups is 1. The highest BCUT2D eigenvalue weighted by atomic mass is 16.3. The molecule has 3 unspecified atom stereocenters. The summed E-state index contributed by atoms with van der Waals surface area (Å²) in [6.07, 6.45) is 5.35. The van der Waals surface area contributed by atoms with Gasteiger partial charge < -0.3 is 5.11 Å². The Bertz CT molecular complexity index is 325. The van der Waals surface area contributed by atoms with E-state index in [0.717, 1.165) is 24.0 Å². The van der Waals surface area contributed by atoms with Gasteiger partial charge in [0.2, 0.25) is 0 Å². The van der Waals surface area contributed by atoms with E-state index in [1.165, 1.54) is 0 Å². The van der Waals surface area contributed by atoms with Gasteiger partial charge in [0.1, 0.15) is 0 Å². The van der Waals surface area contributed by atoms with E-state index in [1.807, 2.05) is 13.8 Å². The second-order valence-corrected chi connectivity index (χ2v) is 4.33. The van der Waals surface area contributed by atoms with E-state index in [0.29, 0.717) is 0 Å². The molecule has 0 heterocycles. The number of hydrogen-bond donors (Lipinski definition) is 1. The zero-order chi connectivity index (χ0) is 10.3. The van der Waals surface area contributed by atoms with Gasteiger partial charge in [0.25, 0.3) is 0 Å². The highest BCUT2D eigenvalue weighted by Crippen LogP contribution is 2.38. The summed E-state index contributed by atoms with van der Waals surface area (Å²) < 4.78 is 0. The third-order valence-corrected chi connectivity index (χ3v) is 3.63. The van der Waals surface area contributed by atoms with Gasteiger partial charge in [0, 0.05) is 11.8 Å². The standard InChI is InChI=1S/C12H16O2/c1-7-8(2)12(14)10-6-4-3-5-9(10)11(7)13/h3-4,9-11,13H,5-6H2,1-2H3. The Morgan fingerprint density at radius 1 is 1.29 bits per heavy atom. The van der Waals surface area contributed by atoms with E-state index in [-0.39, 0.29) is 17.6 Å². The minimum Gasteiger partial charge on any atom is -0.388 e. The molecule has 0 radical (unpaired) electrons. The van der Waals surface area contributed by atoms with Crippen molar-refractivity contribution in [2.75, 3.05) is 0 Å². The van der Waals surface area contributed by atoms with Crippen LogP contribution >= 0.6 is 0 Å². The van der Waals surface area contributed by atoms with E-state index >= 15 is 0 Å². The Morgan fingerprint density at radius 3 is 2.64 bits per heavy atom. The van der Waals surface area contributed by atoms with E-state index < -0.39 is 6.10 Å². The van der Waals surface area contributed by atoms with Crippen LogP contribution < -0.4 is 0 Å². The van der Waals surface area contributed by atoms with Crippen LogP contribution in [0.15, 0.2) is 23.3 Å². The van der Waals surface area contributed by atoms with Crippen molar-refractivity contribution in [1.82, 2.24) is 0 Å². The molecule has 0 aromatic rings. The van der Waals surface area contributed by atoms with Crippen LogP contribution in [-0.4, -0.2) is 17.0 Å². The molecule has 0 saturated carbocycles. The third kappa shape index (κ3) is 1.25. The maximum atomic E-state index is 11.9. The zero-order valence-electron chi connectivity index (χ0n) is 8.66. The van der Waals surface area contributed by atoms with Crippen LogP contribution in [0.3, 0.4) is 0 Å². The maximum Gasteiger partial charge on any atom is 0.162 e. The van der Waals surface area contributed by atoms with Gasteiger partial charge in [-0.2, -0.15) is 0 Å². The van der Waals surface area contributed by atoms with Crippen molar-refractivity contribution in [2.45, 2.75) is 32.8 Å². The van der Waals surface area contributed by atoms with Gasteiger partial charge in [-0.1, -0.05) is 12.2 Å². The number of rotatable bonds is 0. The smallest absolute Gasteiger partial charge is 0.162 e. The molecule has 0 aromatic carbocycles. The van der Waals surface area contributed by atoms with Gasteiger partial charge in [-0.05, 0) is 37.8 Å². The normalized spacial score (nSPS) is 37.4. The molecule has 0 amide bonds. The van der Waals surface area contributed by atoms with Gasteiger partial charge in [-0.15, -0.1) is 0 Å². The summed E-state index contributed by atoms with van der Waals surface area (Å²) in [5.41, 5.74) is 1.64. The number of ketones is 1. The van der Waals surface area contributed by atoms with Gasteiger partial charge in [-0.3, -0.25) is 4.79 Å². The van der Waals surface area contributed by atoms with Crippen LogP contribution in [0, 0.1) is 11.8 Å². The van der Waals surface area contributed by atoms with Crippen LogP contribution in [0.2, 0.25) is 0 Å². The van der Waals surface area contributed by atoms with Crippen molar-refractivity contribution >= 4 is 5.78 Å². The molecular weight excluding hydrogens is 176 g/mol. The summed E-state index contributed by atoms with van der Waals surface area (Å²) in [5.74, 6) is 0.386. The Kier molecular flexibility index (Phi) is 2.31. The lowest BCUT2D eigenvalue weighted by Gasteiger charge is -2.36. The fraction of sp³-hybridized carbons (Fsp3) is 0.583. The predicted molar refractivity (Wildman–Crippen MR) is 54.7 cm³/mol. The molecule has 0 aliphatic heterocycles. The molecule has 76 valence electrons. The summed E-state index contributed by atoms with van der Waals surface area (Å²) in [6.45, 7) is 3.70. The van der Waals surface area contributed by atoms with Gasteiger partial charge in [0.05, 0.1) is 6.10 Å². The molecule has 0 fully saturated rings. The number of aliphatic hydroxyl groups excluding tert-OH is 1. The Morgan fingerprint density at radius 2 is 1.93 bits per heavy atom. The Hall–Kier alpha value is -0.890. The van der Waals surface area contributed by atoms with E-state index in [2.05, 4.69) is 12.2 Å². The molecule has 2 aliphatic rings. The second kappa shape index (κ2) is 3.35. The molecule has 1 N–H and O–H groups in total. The maximum absolute atomic E-state index is 11.9. The first-order chi connectivity index (χ1) is 6.63. The summed E-state index contributed by atoms with van der Waals surface area (Å²) in [4.78, 5) is 11.9. The first kappa shape index (κ1) is 9.66. The molecule has 0 bridgehead atoms. The monoisotopic (exact) mass is 192 g/mol. The summed E-state index contributed by atoms with van der Waals surface area (Å²) in [7, 11) is 0. The zero-order valence-corrected chi connectivity index (χ0v) is 8.66. The van der Waals surface area contributed by atoms with Crippen LogP contribution in [0.5, 0.6) is 0 Å². The van der Waals surface area contributed by atoms with Crippen molar-refractivity contribution in [3.63, 3.8) is 0 Å². The van der Waals surface area contributed by atoms with E-state index in [4.69, 9.17) is 0 Å². The summed E-state index contributed by atoms with van der Waals surface area (Å²) >= 11 is 0. The molecule has 14 heavy (non-hydrogen) atoms. The topological polar surface area (TPSA) is 37.3 Å². The number of hydrogen-bond acceptors (Lipinski definition) is 2. The number of allylic oxidation sites excluding steroid dienone is 3. The molecule has 2 aliphatic carbocycles. The number of carbonyl (C=O) groups excluding carboxylic acids is 1. The lowest BCUT2D eigenvalue weighted by atomic mass is 9.69. The van der Waals surface area contributed by atoms with Crippen molar-refractivity contribution < 1.29 is 9.90 Å². The van der Waals surface area contributed by atoms with E-state index in [9.17, 15) is 9.90 Å². The highest BCUT2D eigenvalue weighted by Gasteiger charge is 2.39. The molecule has 0 aromatic heterocycles. The fourth-order valence-corrected chi connectivity index (χ4v) is 2.50. The van der Waals surface area contributed by atoms with E-state index in [1.54, 1.807) is 0 Å². The minimum absolute atomic E-state index is 0.0266. The number of fused-ring (bicyclic) bond motifs is 1. The summed E-state index contributed by atoms with van der Waals surface area (Å²) in [6, 6.07) is 0. The lowest BCUT2D eigenvalue weighted by Crippen LogP contribution is -2.40. The predicted octanol–water partition coefficient (Wildman–Crippen LogP) is 1.85. The molecule has 2 rings (SSSR count). The van der Waals surface area contributed by atoms with Crippen molar-refractivity contribution in [3.05, 3.63) is 23.3 Å². The fourth-order valence-electron chi connectivity index (χ4n) is 2.50. The van der Waals surface area contributed by atoms with Crippen LogP contribution in [-0.2, 0) is 4.79 Å². The van der Waals surface area contributed by atoms with Crippen molar-refractivity contribution in [1.29, 1.82) is 0 Å². The Labute approximate surface area is 84.3 Å². The van der Waals surface area contributed by atoms with Crippen LogP contribution in [0.25, 0.3) is 0 Å². The quantitative estimate of drug-likeness (QED) is 0.595. The molecule has 3 atom stereocenters. The van der Waals surface area contributed by atoms with Crippen LogP contribution in [0.1, 0.15) is 26.7 Å². The van der Waals surface area contributed by atoms with Crippen LogP contribution in [0.4, 0.5) is 0 Å². The van der Waals surface area contributed by atoms with Gasteiger partial charge in [0.15, 0.2) is 5.78 Å². The average molecular weight is 192 g/mol. The molecule has 0 spiro atoms. The minimum atomic E-state index is -0.414. The molecular formula is C12H16O2. The third-order valence-electron chi connectivity index (χ3n) is 3.63. The highest BCUT2D eigenvalue weighted by molar-refractivity contribution is 5.99. The second-order valence-electron chi connectivity index (χ2n) is 4.33. The van der Waals surface area contributed by atoms with Gasteiger partial charge >= 0.3 is 0 Å². The first-order valence-corrected chi connectivity index (χ1v) is 5.17.